The van der Waals surface area contributed by atoms with Crippen molar-refractivity contribution in [2.24, 2.45) is 5.92 Å². The molecule has 1 atom stereocenters. The molecule has 2 amide bonds. The SMILES string of the molecule is CC(C#N)CN(C)C(=O)Nc1ccc(OCC(=O)O)cc1. The zero-order valence-electron chi connectivity index (χ0n) is 11.9. The first-order valence-electron chi connectivity index (χ1n) is 6.28. The molecule has 0 aliphatic heterocycles. The summed E-state index contributed by atoms with van der Waals surface area (Å²) in [6.07, 6.45) is 0. The number of nitrogens with zero attached hydrogens (tertiary/aromatic N) is 2. The Hall–Kier alpha value is -2.75. The molecule has 7 nitrogen and oxygen atoms in total. The van der Waals surface area contributed by atoms with E-state index < -0.39 is 12.6 Å². The quantitative estimate of drug-likeness (QED) is 0.831. The number of carbonyl (C=O) groups is 2. The highest BCUT2D eigenvalue weighted by molar-refractivity contribution is 5.89. The molecule has 1 aromatic rings. The van der Waals surface area contributed by atoms with Crippen LogP contribution in [0.3, 0.4) is 0 Å². The summed E-state index contributed by atoms with van der Waals surface area (Å²) in [6.45, 7) is 1.65. The van der Waals surface area contributed by atoms with Crippen LogP contribution in [0.5, 0.6) is 5.75 Å². The molecule has 1 rings (SSSR count). The smallest absolute Gasteiger partial charge is 0.341 e. The number of hydrogen-bond acceptors (Lipinski definition) is 4. The van der Waals surface area contributed by atoms with Gasteiger partial charge in [-0.2, -0.15) is 5.26 Å². The van der Waals surface area contributed by atoms with Gasteiger partial charge < -0.3 is 20.1 Å². The van der Waals surface area contributed by atoms with Crippen molar-refractivity contribution in [1.82, 2.24) is 4.90 Å². The molecule has 0 heterocycles. The Morgan fingerprint density at radius 3 is 2.57 bits per heavy atom. The van der Waals surface area contributed by atoms with E-state index in [0.29, 0.717) is 18.0 Å². The van der Waals surface area contributed by atoms with E-state index in [-0.39, 0.29) is 11.9 Å². The third-order valence-corrected chi connectivity index (χ3v) is 2.58. The molecule has 2 N–H and O–H groups in total. The van der Waals surface area contributed by atoms with Crippen molar-refractivity contribution in [2.75, 3.05) is 25.5 Å². The summed E-state index contributed by atoms with van der Waals surface area (Å²) in [6, 6.07) is 8.08. The highest BCUT2D eigenvalue weighted by Gasteiger charge is 2.12. The number of urea groups is 1. The van der Waals surface area contributed by atoms with Crippen molar-refractivity contribution in [3.63, 3.8) is 0 Å². The maximum absolute atomic E-state index is 11.9. The van der Waals surface area contributed by atoms with Gasteiger partial charge in [0.1, 0.15) is 5.75 Å². The molecule has 0 saturated carbocycles. The largest absolute Gasteiger partial charge is 0.482 e. The molecule has 0 bridgehead atoms. The standard InChI is InChI=1S/C14H17N3O4/c1-10(7-15)8-17(2)14(20)16-11-3-5-12(6-4-11)21-9-13(18)19/h3-6,10H,8-9H2,1-2H3,(H,16,20)(H,18,19). The van der Waals surface area contributed by atoms with Gasteiger partial charge in [-0.05, 0) is 31.2 Å². The van der Waals surface area contributed by atoms with Crippen LogP contribution in [0.1, 0.15) is 6.92 Å². The first kappa shape index (κ1) is 16.3. The van der Waals surface area contributed by atoms with Crippen LogP contribution in [0.4, 0.5) is 10.5 Å². The zero-order chi connectivity index (χ0) is 15.8. The Labute approximate surface area is 122 Å². The number of benzene rings is 1. The Kier molecular flexibility index (Phi) is 6.01. The molecule has 0 radical (unpaired) electrons. The molecule has 0 aromatic heterocycles. The Morgan fingerprint density at radius 1 is 1.43 bits per heavy atom. The lowest BCUT2D eigenvalue weighted by atomic mass is 10.2. The molecule has 0 aliphatic carbocycles. The van der Waals surface area contributed by atoms with Crippen LogP contribution in [0.15, 0.2) is 24.3 Å². The van der Waals surface area contributed by atoms with Crippen LogP contribution >= 0.6 is 0 Å². The van der Waals surface area contributed by atoms with Gasteiger partial charge in [-0.15, -0.1) is 0 Å². The number of carboxylic acids is 1. The van der Waals surface area contributed by atoms with Crippen molar-refractivity contribution in [3.8, 4) is 11.8 Å². The van der Waals surface area contributed by atoms with E-state index in [2.05, 4.69) is 11.4 Å². The van der Waals surface area contributed by atoms with Gasteiger partial charge in [-0.1, -0.05) is 0 Å². The number of carboxylic acid groups (broad SMARTS) is 1. The average Bonchev–Trinajstić information content (AvgIpc) is 2.46. The van der Waals surface area contributed by atoms with Gasteiger partial charge in [0.15, 0.2) is 6.61 Å². The summed E-state index contributed by atoms with van der Waals surface area (Å²) in [5.74, 6) is -0.894. The van der Waals surface area contributed by atoms with E-state index in [4.69, 9.17) is 15.1 Å². The maximum Gasteiger partial charge on any atom is 0.341 e. The van der Waals surface area contributed by atoms with Crippen molar-refractivity contribution in [1.29, 1.82) is 5.26 Å². The lowest BCUT2D eigenvalue weighted by Gasteiger charge is -2.19. The fraction of sp³-hybridized carbons (Fsp3) is 0.357. The first-order chi connectivity index (χ1) is 9.92. The summed E-state index contributed by atoms with van der Waals surface area (Å²) in [7, 11) is 1.60. The number of hydrogen-bond donors (Lipinski definition) is 2. The van der Waals surface area contributed by atoms with Crippen molar-refractivity contribution >= 4 is 17.7 Å². The topological polar surface area (TPSA) is 103 Å². The van der Waals surface area contributed by atoms with Gasteiger partial charge in [-0.25, -0.2) is 9.59 Å². The molecule has 1 aromatic carbocycles. The van der Waals surface area contributed by atoms with Gasteiger partial charge >= 0.3 is 12.0 Å². The minimum absolute atomic E-state index is 0.243. The van der Waals surface area contributed by atoms with Gasteiger partial charge in [-0.3, -0.25) is 0 Å². The summed E-state index contributed by atoms with van der Waals surface area (Å²) >= 11 is 0. The monoisotopic (exact) mass is 291 g/mol. The Bertz CT molecular complexity index is 536. The number of ether oxygens (including phenoxy) is 1. The third kappa shape index (κ3) is 5.82. The number of nitrogens with one attached hydrogen (secondary N) is 1. The van der Waals surface area contributed by atoms with Gasteiger partial charge in [0.25, 0.3) is 0 Å². The van der Waals surface area contributed by atoms with Crippen molar-refractivity contribution in [2.45, 2.75) is 6.92 Å². The van der Waals surface area contributed by atoms with E-state index in [9.17, 15) is 9.59 Å². The second-order valence-electron chi connectivity index (χ2n) is 4.55. The van der Waals surface area contributed by atoms with Gasteiger partial charge in [0.2, 0.25) is 0 Å². The maximum atomic E-state index is 11.9. The van der Waals surface area contributed by atoms with Crippen LogP contribution < -0.4 is 10.1 Å². The van der Waals surface area contributed by atoms with Crippen LogP contribution in [0, 0.1) is 17.2 Å². The van der Waals surface area contributed by atoms with Gasteiger partial charge in [0.05, 0.1) is 12.0 Å². The van der Waals surface area contributed by atoms with Crippen molar-refractivity contribution in [3.05, 3.63) is 24.3 Å². The predicted octanol–water partition coefficient (Wildman–Crippen LogP) is 1.77. The lowest BCUT2D eigenvalue weighted by Crippen LogP contribution is -2.34. The number of aliphatic carboxylic acids is 1. The second kappa shape index (κ2) is 7.75. The average molecular weight is 291 g/mol. The second-order valence-corrected chi connectivity index (χ2v) is 4.55. The van der Waals surface area contributed by atoms with Crippen LogP contribution in [0.2, 0.25) is 0 Å². The van der Waals surface area contributed by atoms with E-state index in [1.807, 2.05) is 0 Å². The molecule has 0 saturated heterocycles. The molecule has 0 spiro atoms. The molecule has 112 valence electrons. The third-order valence-electron chi connectivity index (χ3n) is 2.58. The van der Waals surface area contributed by atoms with E-state index in [1.54, 1.807) is 38.2 Å². The molecule has 21 heavy (non-hydrogen) atoms. The fourth-order valence-electron chi connectivity index (χ4n) is 1.53. The van der Waals surface area contributed by atoms with E-state index in [1.165, 1.54) is 4.90 Å². The number of anilines is 1. The predicted molar refractivity (Wildman–Crippen MR) is 76.0 cm³/mol. The summed E-state index contributed by atoms with van der Waals surface area (Å²) < 4.78 is 4.98. The first-order valence-corrected chi connectivity index (χ1v) is 6.28. The number of amides is 2. The summed E-state index contributed by atoms with van der Waals surface area (Å²) in [4.78, 5) is 23.6. The van der Waals surface area contributed by atoms with E-state index in [0.717, 1.165) is 0 Å². The molecule has 1 unspecified atom stereocenters. The Morgan fingerprint density at radius 2 is 2.05 bits per heavy atom. The van der Waals surface area contributed by atoms with Crippen LogP contribution in [-0.2, 0) is 4.79 Å². The number of carbonyl (C=O) groups excluding carboxylic acids is 1. The normalized spacial score (nSPS) is 11.1. The molecule has 7 heteroatoms. The van der Waals surface area contributed by atoms with Crippen LogP contribution in [0.25, 0.3) is 0 Å². The highest BCUT2D eigenvalue weighted by atomic mass is 16.5. The van der Waals surface area contributed by atoms with Crippen molar-refractivity contribution < 1.29 is 19.4 Å². The molecule has 0 fully saturated rings. The Balaban J connectivity index is 2.53. The highest BCUT2D eigenvalue weighted by Crippen LogP contribution is 2.16. The zero-order valence-corrected chi connectivity index (χ0v) is 11.9. The van der Waals surface area contributed by atoms with Crippen LogP contribution in [-0.4, -0.2) is 42.2 Å². The summed E-state index contributed by atoms with van der Waals surface area (Å²) in [5.41, 5.74) is 0.555. The number of nitriles is 1. The molecular weight excluding hydrogens is 274 g/mol. The van der Waals surface area contributed by atoms with E-state index >= 15 is 0 Å². The minimum atomic E-state index is -1.05. The number of rotatable bonds is 6. The summed E-state index contributed by atoms with van der Waals surface area (Å²) in [5, 5.41) is 19.9. The fourth-order valence-corrected chi connectivity index (χ4v) is 1.53. The lowest BCUT2D eigenvalue weighted by molar-refractivity contribution is -0.139. The molecule has 0 aliphatic rings. The minimum Gasteiger partial charge on any atom is -0.482 e. The van der Waals surface area contributed by atoms with Gasteiger partial charge in [0, 0.05) is 19.3 Å². The molecular formula is C14H17N3O4.